The van der Waals surface area contributed by atoms with E-state index in [4.69, 9.17) is 4.42 Å². The number of amides is 2. The van der Waals surface area contributed by atoms with Crippen molar-refractivity contribution in [1.29, 1.82) is 0 Å². The number of rotatable bonds is 6. The van der Waals surface area contributed by atoms with Crippen LogP contribution in [0.15, 0.2) is 33.9 Å². The molecule has 7 nitrogen and oxygen atoms in total. The molecule has 1 aliphatic heterocycles. The number of thioether (sulfide) groups is 1. The van der Waals surface area contributed by atoms with E-state index in [1.54, 1.807) is 4.90 Å². The van der Waals surface area contributed by atoms with Crippen molar-refractivity contribution in [2.24, 2.45) is 0 Å². The van der Waals surface area contributed by atoms with Crippen molar-refractivity contribution in [3.63, 3.8) is 0 Å². The van der Waals surface area contributed by atoms with Gasteiger partial charge in [0.25, 0.3) is 5.22 Å². The van der Waals surface area contributed by atoms with Gasteiger partial charge in [0.05, 0.1) is 12.3 Å². The van der Waals surface area contributed by atoms with Gasteiger partial charge in [-0.05, 0) is 31.4 Å². The van der Waals surface area contributed by atoms with Gasteiger partial charge in [-0.2, -0.15) is 0 Å². The van der Waals surface area contributed by atoms with Crippen LogP contribution in [0.5, 0.6) is 0 Å². The number of aryl methyl sites for hydroxylation is 1. The maximum Gasteiger partial charge on any atom is 0.277 e. The number of hydrogen-bond acceptors (Lipinski definition) is 6. The molecule has 1 aromatic carbocycles. The normalized spacial score (nSPS) is 13.9. The van der Waals surface area contributed by atoms with Crippen LogP contribution in [0.4, 0.5) is 0 Å². The maximum absolute atomic E-state index is 11.9. The molecule has 1 aliphatic rings. The summed E-state index contributed by atoms with van der Waals surface area (Å²) in [5.74, 6) is 0.303. The Hall–Kier alpha value is -2.35. The van der Waals surface area contributed by atoms with Crippen LogP contribution >= 0.6 is 11.8 Å². The third-order valence-electron chi connectivity index (χ3n) is 4.00. The Bertz CT molecular complexity index is 756. The van der Waals surface area contributed by atoms with Crippen molar-refractivity contribution in [3.8, 4) is 11.5 Å². The lowest BCUT2D eigenvalue weighted by Gasteiger charge is -2.15. The van der Waals surface area contributed by atoms with Gasteiger partial charge < -0.3 is 14.6 Å². The van der Waals surface area contributed by atoms with Crippen LogP contribution in [0.3, 0.4) is 0 Å². The highest BCUT2D eigenvalue weighted by Crippen LogP contribution is 2.25. The lowest BCUT2D eigenvalue weighted by molar-refractivity contribution is -0.131. The van der Waals surface area contributed by atoms with Crippen LogP contribution in [0, 0.1) is 6.92 Å². The molecular weight excluding hydrogens is 340 g/mol. The number of likely N-dealkylation sites (tertiary alicyclic amines) is 1. The highest BCUT2D eigenvalue weighted by atomic mass is 32.2. The molecule has 0 bridgehead atoms. The highest BCUT2D eigenvalue weighted by Gasteiger charge is 2.18. The molecule has 0 atom stereocenters. The van der Waals surface area contributed by atoms with Crippen molar-refractivity contribution in [3.05, 3.63) is 29.8 Å². The minimum Gasteiger partial charge on any atom is -0.411 e. The van der Waals surface area contributed by atoms with Gasteiger partial charge in [0.2, 0.25) is 17.7 Å². The van der Waals surface area contributed by atoms with Crippen LogP contribution in [-0.4, -0.2) is 52.3 Å². The largest absolute Gasteiger partial charge is 0.411 e. The fraction of sp³-hybridized carbons (Fsp3) is 0.412. The minimum atomic E-state index is -0.229. The quantitative estimate of drug-likeness (QED) is 0.791. The SMILES string of the molecule is Cc1ccccc1-c1nnc(SCC(=O)NCC(=O)N2CCCC2)o1. The zero-order chi connectivity index (χ0) is 17.6. The first-order chi connectivity index (χ1) is 12.1. The van der Waals surface area contributed by atoms with Gasteiger partial charge in [-0.25, -0.2) is 0 Å². The van der Waals surface area contributed by atoms with Crippen LogP contribution < -0.4 is 5.32 Å². The summed E-state index contributed by atoms with van der Waals surface area (Å²) in [5.41, 5.74) is 1.92. The average Bonchev–Trinajstić information content (AvgIpc) is 3.30. The molecule has 0 saturated carbocycles. The second kappa shape index (κ2) is 8.15. The number of carbonyl (C=O) groups excluding carboxylic acids is 2. The Morgan fingerprint density at radius 1 is 1.24 bits per heavy atom. The monoisotopic (exact) mass is 360 g/mol. The fourth-order valence-electron chi connectivity index (χ4n) is 2.62. The van der Waals surface area contributed by atoms with E-state index in [2.05, 4.69) is 15.5 Å². The highest BCUT2D eigenvalue weighted by molar-refractivity contribution is 7.99. The third-order valence-corrected chi connectivity index (χ3v) is 4.82. The van der Waals surface area contributed by atoms with Crippen molar-refractivity contribution in [2.75, 3.05) is 25.4 Å². The van der Waals surface area contributed by atoms with Gasteiger partial charge in [-0.3, -0.25) is 9.59 Å². The predicted octanol–water partition coefficient (Wildman–Crippen LogP) is 1.88. The van der Waals surface area contributed by atoms with Crippen LogP contribution in [0.2, 0.25) is 0 Å². The van der Waals surface area contributed by atoms with Crippen molar-refractivity contribution in [2.45, 2.75) is 25.0 Å². The number of nitrogens with one attached hydrogen (secondary N) is 1. The fourth-order valence-corrected chi connectivity index (χ4v) is 3.21. The number of aromatic nitrogens is 2. The van der Waals surface area contributed by atoms with E-state index in [9.17, 15) is 9.59 Å². The maximum atomic E-state index is 11.9. The van der Waals surface area contributed by atoms with Gasteiger partial charge in [-0.15, -0.1) is 10.2 Å². The minimum absolute atomic E-state index is 0.0320. The number of benzene rings is 1. The first-order valence-corrected chi connectivity index (χ1v) is 9.19. The molecule has 8 heteroatoms. The number of carbonyl (C=O) groups is 2. The van der Waals surface area contributed by atoms with E-state index in [-0.39, 0.29) is 24.1 Å². The van der Waals surface area contributed by atoms with Gasteiger partial charge in [0, 0.05) is 18.7 Å². The lowest BCUT2D eigenvalue weighted by Crippen LogP contribution is -2.39. The lowest BCUT2D eigenvalue weighted by atomic mass is 10.1. The van der Waals surface area contributed by atoms with E-state index < -0.39 is 0 Å². The second-order valence-corrected chi connectivity index (χ2v) is 6.77. The number of nitrogens with zero attached hydrogens (tertiary/aromatic N) is 3. The topological polar surface area (TPSA) is 88.3 Å². The summed E-state index contributed by atoms with van der Waals surface area (Å²) in [5, 5.41) is 10.9. The predicted molar refractivity (Wildman–Crippen MR) is 94.0 cm³/mol. The molecule has 0 unspecified atom stereocenters. The molecule has 0 spiro atoms. The van der Waals surface area contributed by atoms with E-state index in [0.717, 1.165) is 48.8 Å². The Kier molecular flexibility index (Phi) is 5.70. The molecule has 0 aliphatic carbocycles. The van der Waals surface area contributed by atoms with Crippen molar-refractivity contribution < 1.29 is 14.0 Å². The molecule has 2 amide bonds. The summed E-state index contributed by atoms with van der Waals surface area (Å²) < 4.78 is 5.59. The molecule has 2 heterocycles. The van der Waals surface area contributed by atoms with E-state index in [1.807, 2.05) is 31.2 Å². The van der Waals surface area contributed by atoms with Gasteiger partial charge in [0.15, 0.2) is 0 Å². The van der Waals surface area contributed by atoms with E-state index in [1.165, 1.54) is 0 Å². The summed E-state index contributed by atoms with van der Waals surface area (Å²) in [6.07, 6.45) is 2.08. The van der Waals surface area contributed by atoms with Crippen LogP contribution in [0.25, 0.3) is 11.5 Å². The first kappa shape index (κ1) is 17.5. The van der Waals surface area contributed by atoms with E-state index in [0.29, 0.717) is 11.1 Å². The van der Waals surface area contributed by atoms with Crippen LogP contribution in [0.1, 0.15) is 18.4 Å². The van der Waals surface area contributed by atoms with Crippen molar-refractivity contribution in [1.82, 2.24) is 20.4 Å². The van der Waals surface area contributed by atoms with Gasteiger partial charge >= 0.3 is 0 Å². The molecule has 3 rings (SSSR count). The molecular formula is C17H20N4O3S. The van der Waals surface area contributed by atoms with Gasteiger partial charge in [0.1, 0.15) is 0 Å². The molecule has 25 heavy (non-hydrogen) atoms. The summed E-state index contributed by atoms with van der Waals surface area (Å²) >= 11 is 1.16. The van der Waals surface area contributed by atoms with Crippen LogP contribution in [-0.2, 0) is 9.59 Å². The third kappa shape index (κ3) is 4.60. The Morgan fingerprint density at radius 2 is 2.00 bits per heavy atom. The molecule has 1 N–H and O–H groups in total. The van der Waals surface area contributed by atoms with Crippen molar-refractivity contribution >= 4 is 23.6 Å². The smallest absolute Gasteiger partial charge is 0.277 e. The van der Waals surface area contributed by atoms with E-state index >= 15 is 0 Å². The summed E-state index contributed by atoms with van der Waals surface area (Å²) in [4.78, 5) is 25.5. The molecule has 2 aromatic rings. The molecule has 0 radical (unpaired) electrons. The standard InChI is InChI=1S/C17H20N4O3S/c1-12-6-2-3-7-13(12)16-19-20-17(24-16)25-11-14(22)18-10-15(23)21-8-4-5-9-21/h2-3,6-7H,4-5,8-11H2,1H3,(H,18,22). The zero-order valence-corrected chi connectivity index (χ0v) is 14.8. The number of hydrogen-bond donors (Lipinski definition) is 1. The molecule has 132 valence electrons. The average molecular weight is 360 g/mol. The Morgan fingerprint density at radius 3 is 2.76 bits per heavy atom. The summed E-state index contributed by atoms with van der Waals surface area (Å²) in [6, 6.07) is 7.73. The summed E-state index contributed by atoms with van der Waals surface area (Å²) in [7, 11) is 0. The Labute approximate surface area is 150 Å². The molecule has 1 saturated heterocycles. The first-order valence-electron chi connectivity index (χ1n) is 8.20. The Balaban J connectivity index is 1.46. The molecule has 1 aromatic heterocycles. The second-order valence-electron chi connectivity index (χ2n) is 5.84. The molecule has 1 fully saturated rings. The summed E-state index contributed by atoms with van der Waals surface area (Å²) in [6.45, 7) is 3.58. The van der Waals surface area contributed by atoms with Gasteiger partial charge in [-0.1, -0.05) is 30.0 Å². The zero-order valence-electron chi connectivity index (χ0n) is 14.0.